The van der Waals surface area contributed by atoms with Gasteiger partial charge >= 0.3 is 0 Å². The first-order valence-electron chi connectivity index (χ1n) is 7.05. The van der Waals surface area contributed by atoms with Gasteiger partial charge in [0.1, 0.15) is 17.8 Å². The van der Waals surface area contributed by atoms with Crippen molar-refractivity contribution in [1.29, 1.82) is 0 Å². The van der Waals surface area contributed by atoms with Crippen molar-refractivity contribution in [3.8, 4) is 0 Å². The Morgan fingerprint density at radius 2 is 2.05 bits per heavy atom. The van der Waals surface area contributed by atoms with E-state index in [4.69, 9.17) is 0 Å². The summed E-state index contributed by atoms with van der Waals surface area (Å²) >= 11 is 0. The van der Waals surface area contributed by atoms with Gasteiger partial charge in [0.05, 0.1) is 6.54 Å². The number of aryl methyl sites for hydroxylation is 1. The number of piperazine rings is 1. The standard InChI is InChI=1S/C13H19N5O2/c1-17-7-10(15-16-17)8-18-9-11(19)14-13(12(18)20)5-3-2-4-6-13/h7H,2-6,8-9H2,1H3,(H,14,19). The maximum absolute atomic E-state index is 12.7. The Kier molecular flexibility index (Phi) is 3.19. The fraction of sp³-hybridized carbons (Fsp3) is 0.692. The Balaban J connectivity index is 1.80. The van der Waals surface area contributed by atoms with Crippen LogP contribution in [0.25, 0.3) is 0 Å². The van der Waals surface area contributed by atoms with Crippen LogP contribution in [0.5, 0.6) is 0 Å². The Morgan fingerprint density at radius 1 is 1.30 bits per heavy atom. The number of aromatic nitrogens is 3. The molecule has 3 rings (SSSR count). The summed E-state index contributed by atoms with van der Waals surface area (Å²) in [6.45, 7) is 0.457. The molecule has 20 heavy (non-hydrogen) atoms. The lowest BCUT2D eigenvalue weighted by Gasteiger charge is -2.43. The quantitative estimate of drug-likeness (QED) is 0.823. The van der Waals surface area contributed by atoms with Gasteiger partial charge in [0.15, 0.2) is 0 Å². The maximum Gasteiger partial charge on any atom is 0.249 e. The average Bonchev–Trinajstić information content (AvgIpc) is 2.82. The molecule has 1 aliphatic heterocycles. The van der Waals surface area contributed by atoms with E-state index >= 15 is 0 Å². The lowest BCUT2D eigenvalue weighted by atomic mass is 9.79. The summed E-state index contributed by atoms with van der Waals surface area (Å²) in [7, 11) is 1.78. The molecule has 1 saturated carbocycles. The summed E-state index contributed by atoms with van der Waals surface area (Å²) in [6, 6.07) is 0. The third-order valence-corrected chi connectivity index (χ3v) is 4.12. The molecule has 1 aromatic heterocycles. The zero-order valence-electron chi connectivity index (χ0n) is 11.6. The molecular formula is C13H19N5O2. The van der Waals surface area contributed by atoms with Crippen LogP contribution in [0.2, 0.25) is 0 Å². The van der Waals surface area contributed by atoms with Crippen molar-refractivity contribution in [2.45, 2.75) is 44.2 Å². The van der Waals surface area contributed by atoms with E-state index in [0.717, 1.165) is 32.1 Å². The van der Waals surface area contributed by atoms with Gasteiger partial charge in [0, 0.05) is 13.2 Å². The molecule has 1 aliphatic carbocycles. The highest BCUT2D eigenvalue weighted by molar-refractivity contribution is 5.98. The number of nitrogens with zero attached hydrogens (tertiary/aromatic N) is 4. The van der Waals surface area contributed by atoms with Gasteiger partial charge < -0.3 is 10.2 Å². The fourth-order valence-corrected chi connectivity index (χ4v) is 3.19. The van der Waals surface area contributed by atoms with Gasteiger partial charge in [-0.3, -0.25) is 14.3 Å². The maximum atomic E-state index is 12.7. The highest BCUT2D eigenvalue weighted by atomic mass is 16.2. The Morgan fingerprint density at radius 3 is 2.70 bits per heavy atom. The van der Waals surface area contributed by atoms with Crippen LogP contribution in [0.1, 0.15) is 37.8 Å². The molecule has 1 aromatic rings. The molecule has 0 unspecified atom stereocenters. The molecule has 0 atom stereocenters. The van der Waals surface area contributed by atoms with Crippen LogP contribution in [0, 0.1) is 0 Å². The van der Waals surface area contributed by atoms with Crippen LogP contribution >= 0.6 is 0 Å². The average molecular weight is 277 g/mol. The molecule has 0 bridgehead atoms. The molecular weight excluding hydrogens is 258 g/mol. The molecule has 7 heteroatoms. The van der Waals surface area contributed by atoms with Gasteiger partial charge in [-0.1, -0.05) is 24.5 Å². The smallest absolute Gasteiger partial charge is 0.249 e. The van der Waals surface area contributed by atoms with Gasteiger partial charge in [0.2, 0.25) is 11.8 Å². The van der Waals surface area contributed by atoms with E-state index in [2.05, 4.69) is 15.6 Å². The molecule has 2 fully saturated rings. The molecule has 2 aliphatic rings. The van der Waals surface area contributed by atoms with Gasteiger partial charge in [-0.15, -0.1) is 5.10 Å². The second-order valence-corrected chi connectivity index (χ2v) is 5.74. The number of amides is 2. The van der Waals surface area contributed by atoms with E-state index in [0.29, 0.717) is 12.2 Å². The minimum absolute atomic E-state index is 0.0300. The largest absolute Gasteiger partial charge is 0.340 e. The molecule has 1 saturated heterocycles. The van der Waals surface area contributed by atoms with E-state index in [1.54, 1.807) is 22.8 Å². The minimum Gasteiger partial charge on any atom is -0.340 e. The Labute approximate surface area is 117 Å². The molecule has 0 radical (unpaired) electrons. The Bertz CT molecular complexity index is 533. The third kappa shape index (κ3) is 2.28. The summed E-state index contributed by atoms with van der Waals surface area (Å²) < 4.78 is 1.60. The number of hydrogen-bond donors (Lipinski definition) is 1. The topological polar surface area (TPSA) is 80.1 Å². The zero-order valence-corrected chi connectivity index (χ0v) is 11.6. The molecule has 108 valence electrons. The van der Waals surface area contributed by atoms with Gasteiger partial charge in [-0.25, -0.2) is 0 Å². The van der Waals surface area contributed by atoms with Gasteiger partial charge in [-0.05, 0) is 12.8 Å². The molecule has 1 N–H and O–H groups in total. The third-order valence-electron chi connectivity index (χ3n) is 4.12. The van der Waals surface area contributed by atoms with E-state index in [9.17, 15) is 9.59 Å². The predicted molar refractivity (Wildman–Crippen MR) is 70.4 cm³/mol. The number of hydrogen-bond acceptors (Lipinski definition) is 4. The van der Waals surface area contributed by atoms with Crippen molar-refractivity contribution in [2.24, 2.45) is 7.05 Å². The molecule has 2 amide bonds. The molecule has 0 aromatic carbocycles. The van der Waals surface area contributed by atoms with Crippen LogP contribution in [-0.4, -0.2) is 43.8 Å². The summed E-state index contributed by atoms with van der Waals surface area (Å²) in [6.07, 6.45) is 6.38. The summed E-state index contributed by atoms with van der Waals surface area (Å²) in [4.78, 5) is 26.3. The van der Waals surface area contributed by atoms with Crippen molar-refractivity contribution < 1.29 is 9.59 Å². The van der Waals surface area contributed by atoms with Gasteiger partial charge in [-0.2, -0.15) is 0 Å². The summed E-state index contributed by atoms with van der Waals surface area (Å²) in [5.74, 6) is -0.0437. The first kappa shape index (κ1) is 13.1. The molecule has 7 nitrogen and oxygen atoms in total. The lowest BCUT2D eigenvalue weighted by Crippen LogP contribution is -2.66. The Hall–Kier alpha value is -1.92. The summed E-state index contributed by atoms with van der Waals surface area (Å²) in [5, 5.41) is 10.8. The number of nitrogens with one attached hydrogen (secondary N) is 1. The van der Waals surface area contributed by atoms with E-state index in [1.165, 1.54) is 0 Å². The SMILES string of the molecule is Cn1cc(CN2CC(=O)NC3(CCCCC3)C2=O)nn1. The van der Waals surface area contributed by atoms with Gasteiger partial charge in [0.25, 0.3) is 0 Å². The predicted octanol–water partition coefficient (Wildman–Crippen LogP) is -0.0236. The van der Waals surface area contributed by atoms with Crippen LogP contribution in [0.4, 0.5) is 0 Å². The fourth-order valence-electron chi connectivity index (χ4n) is 3.19. The lowest BCUT2D eigenvalue weighted by molar-refractivity contribution is -0.152. The molecule has 1 spiro atoms. The summed E-state index contributed by atoms with van der Waals surface area (Å²) in [5.41, 5.74) is 0.0389. The number of carbonyl (C=O) groups excluding carboxylic acids is 2. The van der Waals surface area contributed by atoms with Crippen molar-refractivity contribution >= 4 is 11.8 Å². The van der Waals surface area contributed by atoms with E-state index < -0.39 is 5.54 Å². The first-order chi connectivity index (χ1) is 9.59. The van der Waals surface area contributed by atoms with Crippen LogP contribution in [0.15, 0.2) is 6.20 Å². The zero-order chi connectivity index (χ0) is 14.2. The van der Waals surface area contributed by atoms with Crippen LogP contribution in [0.3, 0.4) is 0 Å². The normalized spacial score (nSPS) is 22.1. The minimum atomic E-state index is -0.671. The number of carbonyl (C=O) groups is 2. The van der Waals surface area contributed by atoms with E-state index in [-0.39, 0.29) is 18.4 Å². The highest BCUT2D eigenvalue weighted by Gasteiger charge is 2.46. The first-order valence-corrected chi connectivity index (χ1v) is 7.05. The van der Waals surface area contributed by atoms with Crippen molar-refractivity contribution in [1.82, 2.24) is 25.2 Å². The highest BCUT2D eigenvalue weighted by Crippen LogP contribution is 2.32. The second kappa shape index (κ2) is 4.88. The van der Waals surface area contributed by atoms with Crippen molar-refractivity contribution in [3.05, 3.63) is 11.9 Å². The molecule has 2 heterocycles. The number of rotatable bonds is 2. The van der Waals surface area contributed by atoms with E-state index in [1.807, 2.05) is 0 Å². The van der Waals surface area contributed by atoms with Crippen molar-refractivity contribution in [3.63, 3.8) is 0 Å². The monoisotopic (exact) mass is 277 g/mol. The van der Waals surface area contributed by atoms with Crippen LogP contribution < -0.4 is 5.32 Å². The second-order valence-electron chi connectivity index (χ2n) is 5.74. The van der Waals surface area contributed by atoms with Crippen molar-refractivity contribution in [2.75, 3.05) is 6.54 Å². The van der Waals surface area contributed by atoms with Crippen LogP contribution in [-0.2, 0) is 23.2 Å².